The Morgan fingerprint density at radius 3 is 2.84 bits per heavy atom. The first-order chi connectivity index (χ1) is 11.9. The zero-order valence-corrected chi connectivity index (χ0v) is 16.0. The highest BCUT2D eigenvalue weighted by molar-refractivity contribution is 6.31. The number of likely N-dealkylation sites (tertiary alicyclic amines) is 1. The quantitative estimate of drug-likeness (QED) is 0.568. The number of halogens is 1. The molecule has 6 nitrogen and oxygen atoms in total. The minimum Gasteiger partial charge on any atom is -0.352 e. The SMILES string of the molecule is Cc1nn(CC(C)C)c(Cl)c1/C=C/C(=O)NCCCN1CCCC1=O. The second-order valence-electron chi connectivity index (χ2n) is 6.83. The fourth-order valence-electron chi connectivity index (χ4n) is 2.86. The number of hydrogen-bond acceptors (Lipinski definition) is 3. The van der Waals surface area contributed by atoms with Crippen molar-refractivity contribution in [2.45, 2.75) is 46.6 Å². The van der Waals surface area contributed by atoms with Crippen LogP contribution < -0.4 is 5.32 Å². The lowest BCUT2D eigenvalue weighted by atomic mass is 10.2. The van der Waals surface area contributed by atoms with Gasteiger partial charge in [-0.1, -0.05) is 25.4 Å². The molecule has 1 aromatic heterocycles. The number of aryl methyl sites for hydroxylation is 1. The third kappa shape index (κ3) is 5.59. The number of nitrogens with zero attached hydrogens (tertiary/aromatic N) is 3. The summed E-state index contributed by atoms with van der Waals surface area (Å²) < 4.78 is 1.77. The predicted molar refractivity (Wildman–Crippen MR) is 99.3 cm³/mol. The van der Waals surface area contributed by atoms with Gasteiger partial charge < -0.3 is 10.2 Å². The van der Waals surface area contributed by atoms with Crippen LogP contribution in [0.1, 0.15) is 44.4 Å². The average molecular weight is 367 g/mol. The molecule has 0 bridgehead atoms. The maximum Gasteiger partial charge on any atom is 0.244 e. The van der Waals surface area contributed by atoms with Crippen LogP contribution in [-0.4, -0.2) is 46.1 Å². The van der Waals surface area contributed by atoms with Crippen molar-refractivity contribution in [3.8, 4) is 0 Å². The Hall–Kier alpha value is -1.82. The van der Waals surface area contributed by atoms with Crippen LogP contribution in [0, 0.1) is 12.8 Å². The molecule has 1 N–H and O–H groups in total. The van der Waals surface area contributed by atoms with E-state index in [2.05, 4.69) is 24.3 Å². The van der Waals surface area contributed by atoms with Gasteiger partial charge in [-0.3, -0.25) is 14.3 Å². The number of amides is 2. The lowest BCUT2D eigenvalue weighted by Gasteiger charge is -2.14. The molecule has 0 saturated carbocycles. The van der Waals surface area contributed by atoms with Crippen molar-refractivity contribution in [2.24, 2.45) is 5.92 Å². The molecule has 1 saturated heterocycles. The molecule has 2 amide bonds. The molecule has 1 fully saturated rings. The van der Waals surface area contributed by atoms with Crippen molar-refractivity contribution < 1.29 is 9.59 Å². The maximum absolute atomic E-state index is 11.9. The molecule has 7 heteroatoms. The van der Waals surface area contributed by atoms with E-state index < -0.39 is 0 Å². The van der Waals surface area contributed by atoms with Gasteiger partial charge in [-0.05, 0) is 31.8 Å². The molecule has 0 atom stereocenters. The van der Waals surface area contributed by atoms with Gasteiger partial charge in [0.1, 0.15) is 5.15 Å². The van der Waals surface area contributed by atoms with E-state index >= 15 is 0 Å². The van der Waals surface area contributed by atoms with Crippen molar-refractivity contribution in [3.63, 3.8) is 0 Å². The third-order valence-electron chi connectivity index (χ3n) is 4.12. The van der Waals surface area contributed by atoms with Crippen molar-refractivity contribution in [2.75, 3.05) is 19.6 Å². The molecule has 0 spiro atoms. The number of nitrogens with one attached hydrogen (secondary N) is 1. The summed E-state index contributed by atoms with van der Waals surface area (Å²) in [6.07, 6.45) is 5.55. The van der Waals surface area contributed by atoms with Crippen LogP contribution in [0.15, 0.2) is 6.08 Å². The molecule has 1 aromatic rings. The first kappa shape index (κ1) is 19.5. The molecule has 0 radical (unpaired) electrons. The molecule has 0 unspecified atom stereocenters. The Morgan fingerprint density at radius 1 is 1.44 bits per heavy atom. The van der Waals surface area contributed by atoms with Gasteiger partial charge in [0.05, 0.1) is 5.69 Å². The fraction of sp³-hybridized carbons (Fsp3) is 0.611. The molecule has 0 aliphatic carbocycles. The van der Waals surface area contributed by atoms with Gasteiger partial charge in [0.15, 0.2) is 0 Å². The van der Waals surface area contributed by atoms with E-state index in [0.29, 0.717) is 30.6 Å². The van der Waals surface area contributed by atoms with Crippen LogP contribution in [0.3, 0.4) is 0 Å². The van der Waals surface area contributed by atoms with Crippen LogP contribution in [0.25, 0.3) is 6.08 Å². The molecule has 1 aliphatic rings. The third-order valence-corrected chi connectivity index (χ3v) is 4.52. The average Bonchev–Trinajstić information content (AvgIpc) is 3.06. The summed E-state index contributed by atoms with van der Waals surface area (Å²) in [5.41, 5.74) is 1.59. The fourth-order valence-corrected chi connectivity index (χ4v) is 3.17. The van der Waals surface area contributed by atoms with Gasteiger partial charge in [0, 0.05) is 44.2 Å². The monoisotopic (exact) mass is 366 g/mol. The largest absolute Gasteiger partial charge is 0.352 e. The Labute approximate surface area is 154 Å². The smallest absolute Gasteiger partial charge is 0.244 e. The van der Waals surface area contributed by atoms with Gasteiger partial charge in [-0.2, -0.15) is 5.10 Å². The summed E-state index contributed by atoms with van der Waals surface area (Å²) >= 11 is 6.35. The zero-order valence-electron chi connectivity index (χ0n) is 15.2. The normalized spacial score (nSPS) is 14.9. The molecule has 0 aromatic carbocycles. The van der Waals surface area contributed by atoms with Crippen LogP contribution in [-0.2, 0) is 16.1 Å². The number of carbonyl (C=O) groups excluding carboxylic acids is 2. The predicted octanol–water partition coefficient (Wildman–Crippen LogP) is 2.64. The second-order valence-corrected chi connectivity index (χ2v) is 7.19. The van der Waals surface area contributed by atoms with Crippen molar-refractivity contribution >= 4 is 29.5 Å². The molecule has 2 rings (SSSR count). The van der Waals surface area contributed by atoms with Crippen LogP contribution in [0.5, 0.6) is 0 Å². The molecule has 25 heavy (non-hydrogen) atoms. The van der Waals surface area contributed by atoms with Crippen LogP contribution in [0.2, 0.25) is 5.15 Å². The zero-order chi connectivity index (χ0) is 18.4. The molecular formula is C18H27ClN4O2. The summed E-state index contributed by atoms with van der Waals surface area (Å²) in [5, 5.41) is 7.81. The van der Waals surface area contributed by atoms with Gasteiger partial charge in [0.25, 0.3) is 0 Å². The number of hydrogen-bond donors (Lipinski definition) is 1. The first-order valence-electron chi connectivity index (χ1n) is 8.85. The van der Waals surface area contributed by atoms with Gasteiger partial charge in [-0.25, -0.2) is 0 Å². The number of aromatic nitrogens is 2. The van der Waals surface area contributed by atoms with E-state index in [4.69, 9.17) is 11.6 Å². The molecule has 2 heterocycles. The lowest BCUT2D eigenvalue weighted by molar-refractivity contribution is -0.127. The highest BCUT2D eigenvalue weighted by Gasteiger charge is 2.19. The van der Waals surface area contributed by atoms with Crippen molar-refractivity contribution in [1.82, 2.24) is 20.0 Å². The van der Waals surface area contributed by atoms with Crippen LogP contribution >= 0.6 is 11.6 Å². The van der Waals surface area contributed by atoms with Crippen molar-refractivity contribution in [3.05, 3.63) is 22.5 Å². The lowest BCUT2D eigenvalue weighted by Crippen LogP contribution is -2.29. The number of carbonyl (C=O) groups is 2. The van der Waals surface area contributed by atoms with Crippen LogP contribution in [0.4, 0.5) is 0 Å². The molecule has 1 aliphatic heterocycles. The summed E-state index contributed by atoms with van der Waals surface area (Å²) in [5.74, 6) is 0.494. The molecular weight excluding hydrogens is 340 g/mol. The minimum absolute atomic E-state index is 0.167. The van der Waals surface area contributed by atoms with Gasteiger partial charge in [0.2, 0.25) is 11.8 Å². The second kappa shape index (κ2) is 9.04. The van der Waals surface area contributed by atoms with E-state index in [1.54, 1.807) is 10.8 Å². The van der Waals surface area contributed by atoms with Crippen molar-refractivity contribution in [1.29, 1.82) is 0 Å². The van der Waals surface area contributed by atoms with Gasteiger partial charge >= 0.3 is 0 Å². The Balaban J connectivity index is 1.80. The van der Waals surface area contributed by atoms with E-state index in [0.717, 1.165) is 37.2 Å². The topological polar surface area (TPSA) is 67.2 Å². The van der Waals surface area contributed by atoms with E-state index in [-0.39, 0.29) is 11.8 Å². The summed E-state index contributed by atoms with van der Waals surface area (Å²) in [7, 11) is 0. The van der Waals surface area contributed by atoms with E-state index in [9.17, 15) is 9.59 Å². The summed E-state index contributed by atoms with van der Waals surface area (Å²) in [4.78, 5) is 25.3. The van der Waals surface area contributed by atoms with E-state index in [1.807, 2.05) is 11.8 Å². The Bertz CT molecular complexity index is 652. The maximum atomic E-state index is 11.9. The number of rotatable bonds is 8. The van der Waals surface area contributed by atoms with Gasteiger partial charge in [-0.15, -0.1) is 0 Å². The summed E-state index contributed by atoms with van der Waals surface area (Å²) in [6.45, 7) is 8.92. The highest BCUT2D eigenvalue weighted by Crippen LogP contribution is 2.22. The standard InChI is InChI=1S/C18H27ClN4O2/c1-13(2)12-23-18(19)15(14(3)21-23)7-8-16(24)20-9-5-11-22-10-4-6-17(22)25/h7-8,13H,4-6,9-12H2,1-3H3,(H,20,24)/b8-7+. The Morgan fingerprint density at radius 2 is 2.20 bits per heavy atom. The summed E-state index contributed by atoms with van der Waals surface area (Å²) in [6, 6.07) is 0. The van der Waals surface area contributed by atoms with E-state index in [1.165, 1.54) is 6.08 Å². The minimum atomic E-state index is -0.167. The molecule has 138 valence electrons. The highest BCUT2D eigenvalue weighted by atomic mass is 35.5. The Kier molecular flexibility index (Phi) is 7.05. The first-order valence-corrected chi connectivity index (χ1v) is 9.23.